The van der Waals surface area contributed by atoms with Crippen molar-refractivity contribution in [2.45, 2.75) is 111 Å². The van der Waals surface area contributed by atoms with E-state index in [9.17, 15) is 28.8 Å². The first-order valence-electron chi connectivity index (χ1n) is 16.3. The van der Waals surface area contributed by atoms with Gasteiger partial charge in [0.2, 0.25) is 0 Å². The van der Waals surface area contributed by atoms with E-state index in [2.05, 4.69) is 13.2 Å². The lowest BCUT2D eigenvalue weighted by atomic mass is 9.96. The van der Waals surface area contributed by atoms with Gasteiger partial charge in [0.1, 0.15) is 6.10 Å². The highest BCUT2D eigenvalue weighted by Gasteiger charge is 2.33. The molecule has 0 N–H and O–H groups in total. The fraction of sp³-hybridized carbons (Fsp3) is 0.706. The topological polar surface area (TPSA) is 158 Å². The first kappa shape index (κ1) is 42.3. The minimum absolute atomic E-state index is 0.0490. The van der Waals surface area contributed by atoms with Gasteiger partial charge >= 0.3 is 35.8 Å². The van der Waals surface area contributed by atoms with E-state index in [0.717, 1.165) is 25.7 Å². The average molecular weight is 655 g/mol. The van der Waals surface area contributed by atoms with Crippen molar-refractivity contribution in [3.8, 4) is 0 Å². The quantitative estimate of drug-likeness (QED) is 0.0510. The monoisotopic (exact) mass is 654 g/mol. The van der Waals surface area contributed by atoms with Crippen LogP contribution >= 0.6 is 0 Å². The molecule has 0 aliphatic carbocycles. The van der Waals surface area contributed by atoms with Crippen LogP contribution in [0.5, 0.6) is 0 Å². The lowest BCUT2D eigenvalue weighted by Gasteiger charge is -2.20. The summed E-state index contributed by atoms with van der Waals surface area (Å²) in [6.45, 7) is 17.0. The molecule has 0 saturated heterocycles. The summed E-state index contributed by atoms with van der Waals surface area (Å²) in [5, 5.41) is 0. The molecule has 0 aromatic carbocycles. The predicted octanol–water partition coefficient (Wildman–Crippen LogP) is 5.35. The summed E-state index contributed by atoms with van der Waals surface area (Å²) in [6.07, 6.45) is 4.15. The maximum Gasteiger partial charge on any atom is 0.334 e. The van der Waals surface area contributed by atoms with Crippen molar-refractivity contribution in [2.24, 2.45) is 11.8 Å². The molecule has 0 fully saturated rings. The smallest absolute Gasteiger partial charge is 0.334 e. The van der Waals surface area contributed by atoms with Gasteiger partial charge in [0.15, 0.2) is 0 Å². The van der Waals surface area contributed by atoms with Gasteiger partial charge in [-0.3, -0.25) is 19.2 Å². The second kappa shape index (κ2) is 25.5. The van der Waals surface area contributed by atoms with E-state index in [-0.39, 0.29) is 50.6 Å². The number of hydrogen-bond acceptors (Lipinski definition) is 12. The van der Waals surface area contributed by atoms with Crippen molar-refractivity contribution >= 4 is 35.8 Å². The lowest BCUT2D eigenvalue weighted by molar-refractivity contribution is -0.157. The molecule has 0 saturated carbocycles. The largest absolute Gasteiger partial charge is 0.466 e. The number of rotatable bonds is 26. The summed E-state index contributed by atoms with van der Waals surface area (Å²) in [5.74, 6) is -7.28. The van der Waals surface area contributed by atoms with E-state index in [1.165, 1.54) is 0 Å². The molecule has 0 radical (unpaired) electrons. The number of hydrogen-bond donors (Lipinski definition) is 0. The Morgan fingerprint density at radius 1 is 0.522 bits per heavy atom. The lowest BCUT2D eigenvalue weighted by Crippen LogP contribution is -2.30. The summed E-state index contributed by atoms with van der Waals surface area (Å²) < 4.78 is 31.4. The normalized spacial score (nSPS) is 12.5. The Kier molecular flexibility index (Phi) is 23.4. The zero-order valence-corrected chi connectivity index (χ0v) is 28.4. The van der Waals surface area contributed by atoms with Crippen LogP contribution in [0.25, 0.3) is 0 Å². The molecule has 0 heterocycles. The molecule has 262 valence electrons. The number of esters is 6. The van der Waals surface area contributed by atoms with Crippen LogP contribution in [0.3, 0.4) is 0 Å². The molecule has 0 rings (SSSR count). The standard InChI is InChI=1S/C34H54O12/c1-8-12-17-41-29(35)22-27(33(39)43-19-14-10-3)25(6)31(37)45-21-16-24(5)46-32(38)26(7)28(34(40)44-20-15-11-4)23-30(36)42-18-13-9-2/h24,27-28H,6-23H2,1-5H3. The van der Waals surface area contributed by atoms with E-state index in [1.807, 2.05) is 27.7 Å². The van der Waals surface area contributed by atoms with E-state index >= 15 is 0 Å². The van der Waals surface area contributed by atoms with Gasteiger partial charge in [0.05, 0.1) is 57.7 Å². The molecule has 0 aromatic heterocycles. The van der Waals surface area contributed by atoms with Crippen LogP contribution in [-0.4, -0.2) is 75.0 Å². The van der Waals surface area contributed by atoms with Gasteiger partial charge in [0.25, 0.3) is 0 Å². The average Bonchev–Trinajstić information content (AvgIpc) is 3.02. The molecule has 3 unspecified atom stereocenters. The number of carbonyl (C=O) groups is 6. The summed E-state index contributed by atoms with van der Waals surface area (Å²) in [4.78, 5) is 75.6. The SMILES string of the molecule is C=C(C(=O)OCCC(C)OC(=O)C(=C)C(CC(=O)OCCCC)C(=O)OCCCC)C(CC(=O)OCCCC)C(=O)OCCCC. The van der Waals surface area contributed by atoms with E-state index in [1.54, 1.807) is 6.92 Å². The Labute approximate surface area is 273 Å². The van der Waals surface area contributed by atoms with E-state index in [0.29, 0.717) is 25.7 Å². The Bertz CT molecular complexity index is 1000. The van der Waals surface area contributed by atoms with Gasteiger partial charge in [-0.1, -0.05) is 66.5 Å². The summed E-state index contributed by atoms with van der Waals surface area (Å²) >= 11 is 0. The molecule has 0 spiro atoms. The predicted molar refractivity (Wildman–Crippen MR) is 169 cm³/mol. The van der Waals surface area contributed by atoms with Crippen LogP contribution in [0.1, 0.15) is 105 Å². The van der Waals surface area contributed by atoms with Gasteiger partial charge in [-0.05, 0) is 32.6 Å². The van der Waals surface area contributed by atoms with Crippen molar-refractivity contribution in [1.82, 2.24) is 0 Å². The molecule has 0 amide bonds. The van der Waals surface area contributed by atoms with Gasteiger partial charge < -0.3 is 28.4 Å². The van der Waals surface area contributed by atoms with Crippen LogP contribution in [0.15, 0.2) is 24.3 Å². The van der Waals surface area contributed by atoms with E-state index in [4.69, 9.17) is 28.4 Å². The maximum absolute atomic E-state index is 12.8. The van der Waals surface area contributed by atoms with Gasteiger partial charge in [-0.2, -0.15) is 0 Å². The second-order valence-electron chi connectivity index (χ2n) is 10.9. The third kappa shape index (κ3) is 18.3. The van der Waals surface area contributed by atoms with Crippen molar-refractivity contribution in [3.05, 3.63) is 24.3 Å². The Morgan fingerprint density at radius 2 is 0.891 bits per heavy atom. The minimum atomic E-state index is -1.28. The number of carbonyl (C=O) groups excluding carboxylic acids is 6. The Morgan fingerprint density at radius 3 is 1.28 bits per heavy atom. The fourth-order valence-corrected chi connectivity index (χ4v) is 3.66. The molecule has 0 aliphatic rings. The third-order valence-electron chi connectivity index (χ3n) is 6.75. The summed E-state index contributed by atoms with van der Waals surface area (Å²) in [6, 6.07) is 0. The highest BCUT2D eigenvalue weighted by Crippen LogP contribution is 2.21. The third-order valence-corrected chi connectivity index (χ3v) is 6.75. The zero-order valence-electron chi connectivity index (χ0n) is 28.4. The van der Waals surface area contributed by atoms with Crippen LogP contribution in [0.4, 0.5) is 0 Å². The highest BCUT2D eigenvalue weighted by molar-refractivity contribution is 5.97. The van der Waals surface area contributed by atoms with Crippen molar-refractivity contribution < 1.29 is 57.2 Å². The molecule has 0 aromatic rings. The van der Waals surface area contributed by atoms with Crippen LogP contribution < -0.4 is 0 Å². The van der Waals surface area contributed by atoms with Crippen molar-refractivity contribution in [2.75, 3.05) is 33.0 Å². The summed E-state index contributed by atoms with van der Waals surface area (Å²) in [5.41, 5.74) is -0.524. The molecular weight excluding hydrogens is 600 g/mol. The van der Waals surface area contributed by atoms with Crippen LogP contribution in [-0.2, 0) is 57.2 Å². The van der Waals surface area contributed by atoms with Crippen LogP contribution in [0, 0.1) is 11.8 Å². The Balaban J connectivity index is 5.21. The molecule has 0 bridgehead atoms. The zero-order chi connectivity index (χ0) is 34.9. The van der Waals surface area contributed by atoms with Gasteiger partial charge in [-0.15, -0.1) is 0 Å². The fourth-order valence-electron chi connectivity index (χ4n) is 3.66. The molecule has 46 heavy (non-hydrogen) atoms. The van der Waals surface area contributed by atoms with Gasteiger partial charge in [0, 0.05) is 17.6 Å². The van der Waals surface area contributed by atoms with Crippen molar-refractivity contribution in [3.63, 3.8) is 0 Å². The molecule has 12 heteroatoms. The van der Waals surface area contributed by atoms with Gasteiger partial charge in [-0.25, -0.2) is 9.59 Å². The van der Waals surface area contributed by atoms with Crippen LogP contribution in [0.2, 0.25) is 0 Å². The Hall–Kier alpha value is -3.70. The van der Waals surface area contributed by atoms with E-state index < -0.39 is 66.6 Å². The second-order valence-corrected chi connectivity index (χ2v) is 10.9. The first-order chi connectivity index (χ1) is 21.9. The molecule has 12 nitrogen and oxygen atoms in total. The highest BCUT2D eigenvalue weighted by atomic mass is 16.6. The molecule has 3 atom stereocenters. The minimum Gasteiger partial charge on any atom is -0.466 e. The number of ether oxygens (including phenoxy) is 6. The molecule has 0 aliphatic heterocycles. The first-order valence-corrected chi connectivity index (χ1v) is 16.3. The number of unbranched alkanes of at least 4 members (excludes halogenated alkanes) is 4. The molecular formula is C34H54O12. The van der Waals surface area contributed by atoms with Crippen molar-refractivity contribution in [1.29, 1.82) is 0 Å². The summed E-state index contributed by atoms with van der Waals surface area (Å²) in [7, 11) is 0. The maximum atomic E-state index is 12.8.